The van der Waals surface area contributed by atoms with E-state index in [9.17, 15) is 0 Å². The third-order valence-corrected chi connectivity index (χ3v) is 6.49. The first kappa shape index (κ1) is 18.6. The van der Waals surface area contributed by atoms with Crippen LogP contribution in [-0.2, 0) is 6.42 Å². The fourth-order valence-corrected chi connectivity index (χ4v) is 5.02. The largest absolute Gasteiger partial charge is 0.357 e. The zero-order valence-electron chi connectivity index (χ0n) is 16.0. The van der Waals surface area contributed by atoms with E-state index < -0.39 is 0 Å². The molecule has 0 amide bonds. The maximum atomic E-state index is 4.80. The molecular formula is C19H33N5S. The summed E-state index contributed by atoms with van der Waals surface area (Å²) in [5.41, 5.74) is 1.17. The van der Waals surface area contributed by atoms with Gasteiger partial charge in [0, 0.05) is 49.6 Å². The predicted molar refractivity (Wildman–Crippen MR) is 107 cm³/mol. The van der Waals surface area contributed by atoms with Gasteiger partial charge in [-0.05, 0) is 40.0 Å². The van der Waals surface area contributed by atoms with E-state index in [1.165, 1.54) is 55.8 Å². The van der Waals surface area contributed by atoms with Crippen LogP contribution < -0.4 is 10.6 Å². The lowest BCUT2D eigenvalue weighted by atomic mass is 10.2. The molecule has 0 radical (unpaired) electrons. The number of hydrogen-bond donors (Lipinski definition) is 2. The van der Waals surface area contributed by atoms with E-state index in [-0.39, 0.29) is 0 Å². The molecule has 0 spiro atoms. The summed E-state index contributed by atoms with van der Waals surface area (Å²) >= 11 is 1.80. The van der Waals surface area contributed by atoms with E-state index in [0.29, 0.717) is 6.04 Å². The molecule has 140 valence electrons. The Morgan fingerprint density at radius 3 is 2.76 bits per heavy atom. The normalized spacial score (nSPS) is 22.7. The second-order valence-corrected chi connectivity index (χ2v) is 8.60. The Hall–Kier alpha value is -1.14. The van der Waals surface area contributed by atoms with E-state index in [0.717, 1.165) is 36.5 Å². The Morgan fingerprint density at radius 2 is 2.08 bits per heavy atom. The van der Waals surface area contributed by atoms with E-state index in [1.54, 1.807) is 11.3 Å². The zero-order chi connectivity index (χ0) is 17.6. The van der Waals surface area contributed by atoms with Crippen LogP contribution >= 0.6 is 11.3 Å². The number of aryl methyl sites for hydroxylation is 2. The molecule has 25 heavy (non-hydrogen) atoms. The molecule has 1 aliphatic carbocycles. The highest BCUT2D eigenvalue weighted by atomic mass is 32.1. The van der Waals surface area contributed by atoms with E-state index in [2.05, 4.69) is 41.3 Å². The molecule has 2 N–H and O–H groups in total. The van der Waals surface area contributed by atoms with Crippen molar-refractivity contribution < 1.29 is 0 Å². The monoisotopic (exact) mass is 363 g/mol. The Kier molecular flexibility index (Phi) is 6.70. The second kappa shape index (κ2) is 8.99. The number of aromatic nitrogens is 1. The highest BCUT2D eigenvalue weighted by Gasteiger charge is 2.30. The van der Waals surface area contributed by atoms with Crippen molar-refractivity contribution in [1.29, 1.82) is 0 Å². The third-order valence-electron chi connectivity index (χ3n) is 5.35. The molecule has 6 heteroatoms. The fourth-order valence-electron chi connectivity index (χ4n) is 4.09. The minimum absolute atomic E-state index is 0.533. The number of hydrogen-bond acceptors (Lipinski definition) is 4. The molecule has 5 nitrogen and oxygen atoms in total. The first-order chi connectivity index (χ1) is 12.2. The van der Waals surface area contributed by atoms with Crippen LogP contribution in [0.5, 0.6) is 0 Å². The first-order valence-corrected chi connectivity index (χ1v) is 10.7. The average Bonchev–Trinajstić information content (AvgIpc) is 3.29. The highest BCUT2D eigenvalue weighted by molar-refractivity contribution is 7.11. The van der Waals surface area contributed by atoms with Gasteiger partial charge in [-0.3, -0.25) is 9.89 Å². The van der Waals surface area contributed by atoms with Crippen molar-refractivity contribution in [3.8, 4) is 0 Å². The number of nitrogens with zero attached hydrogens (tertiary/aromatic N) is 3. The van der Waals surface area contributed by atoms with Gasteiger partial charge in [0.25, 0.3) is 0 Å². The van der Waals surface area contributed by atoms with Crippen LogP contribution in [0.15, 0.2) is 4.99 Å². The maximum Gasteiger partial charge on any atom is 0.191 e. The molecule has 1 atom stereocenters. The van der Waals surface area contributed by atoms with Crippen LogP contribution in [0.2, 0.25) is 0 Å². The quantitative estimate of drug-likeness (QED) is 0.603. The second-order valence-electron chi connectivity index (χ2n) is 7.32. The summed E-state index contributed by atoms with van der Waals surface area (Å²) in [6.07, 6.45) is 7.84. The van der Waals surface area contributed by atoms with Crippen molar-refractivity contribution in [2.75, 3.05) is 26.2 Å². The molecule has 1 unspecified atom stereocenters. The Balaban J connectivity index is 1.49. The van der Waals surface area contributed by atoms with Crippen LogP contribution in [0.1, 0.15) is 54.6 Å². The summed E-state index contributed by atoms with van der Waals surface area (Å²) in [5, 5.41) is 8.22. The maximum absolute atomic E-state index is 4.80. The van der Waals surface area contributed by atoms with Gasteiger partial charge in [0.05, 0.1) is 10.7 Å². The standard InChI is InChI=1S/C19H33N5S/c1-4-20-19(21-11-9-18-14(2)22-15(3)25-18)23-16-10-12-24(13-16)17-7-5-6-8-17/h16-17H,4-13H2,1-3H3,(H2,20,21,23). The molecule has 2 heterocycles. The summed E-state index contributed by atoms with van der Waals surface area (Å²) in [7, 11) is 0. The summed E-state index contributed by atoms with van der Waals surface area (Å²) in [4.78, 5) is 13.4. The average molecular weight is 364 g/mol. The Bertz CT molecular complexity index is 576. The van der Waals surface area contributed by atoms with Gasteiger partial charge in [0.2, 0.25) is 0 Å². The van der Waals surface area contributed by atoms with Gasteiger partial charge in [-0.1, -0.05) is 12.8 Å². The summed E-state index contributed by atoms with van der Waals surface area (Å²) in [6.45, 7) is 10.4. The number of thiazole rings is 1. The fraction of sp³-hybridized carbons (Fsp3) is 0.789. The van der Waals surface area contributed by atoms with Gasteiger partial charge in [0.15, 0.2) is 5.96 Å². The topological polar surface area (TPSA) is 52.6 Å². The van der Waals surface area contributed by atoms with Crippen molar-refractivity contribution >= 4 is 17.3 Å². The van der Waals surface area contributed by atoms with Crippen LogP contribution in [-0.4, -0.2) is 54.1 Å². The highest BCUT2D eigenvalue weighted by Crippen LogP contribution is 2.26. The van der Waals surface area contributed by atoms with Crippen molar-refractivity contribution in [1.82, 2.24) is 20.5 Å². The summed E-state index contributed by atoms with van der Waals surface area (Å²) in [6, 6.07) is 1.37. The lowest BCUT2D eigenvalue weighted by Crippen LogP contribution is -2.45. The number of guanidine groups is 1. The van der Waals surface area contributed by atoms with Crippen LogP contribution in [0.3, 0.4) is 0 Å². The first-order valence-electron chi connectivity index (χ1n) is 9.87. The Labute approximate surface area is 156 Å². The van der Waals surface area contributed by atoms with Crippen molar-refractivity contribution in [2.45, 2.75) is 71.4 Å². The molecule has 1 aromatic rings. The number of nitrogens with one attached hydrogen (secondary N) is 2. The van der Waals surface area contributed by atoms with Crippen molar-refractivity contribution in [2.24, 2.45) is 4.99 Å². The molecule has 1 aromatic heterocycles. The zero-order valence-corrected chi connectivity index (χ0v) is 16.8. The number of aliphatic imine (C=N–C) groups is 1. The van der Waals surface area contributed by atoms with Crippen LogP contribution in [0.4, 0.5) is 0 Å². The molecule has 1 saturated carbocycles. The van der Waals surface area contributed by atoms with Gasteiger partial charge >= 0.3 is 0 Å². The minimum atomic E-state index is 0.533. The molecule has 2 fully saturated rings. The minimum Gasteiger partial charge on any atom is -0.357 e. The van der Waals surface area contributed by atoms with E-state index in [4.69, 9.17) is 4.99 Å². The molecule has 2 aliphatic rings. The van der Waals surface area contributed by atoms with Crippen LogP contribution in [0.25, 0.3) is 0 Å². The van der Waals surface area contributed by atoms with Gasteiger partial charge in [-0.2, -0.15) is 0 Å². The van der Waals surface area contributed by atoms with Gasteiger partial charge in [-0.15, -0.1) is 11.3 Å². The number of rotatable bonds is 6. The smallest absolute Gasteiger partial charge is 0.191 e. The summed E-state index contributed by atoms with van der Waals surface area (Å²) in [5.74, 6) is 0.972. The Morgan fingerprint density at radius 1 is 1.28 bits per heavy atom. The predicted octanol–water partition coefficient (Wildman–Crippen LogP) is 2.87. The van der Waals surface area contributed by atoms with Gasteiger partial charge in [-0.25, -0.2) is 4.98 Å². The molecule has 0 aromatic carbocycles. The van der Waals surface area contributed by atoms with E-state index in [1.807, 2.05) is 0 Å². The van der Waals surface area contributed by atoms with Crippen molar-refractivity contribution in [3.63, 3.8) is 0 Å². The van der Waals surface area contributed by atoms with E-state index >= 15 is 0 Å². The molecule has 0 bridgehead atoms. The SMILES string of the molecule is CCNC(=NCCc1sc(C)nc1C)NC1CCN(C2CCCC2)C1. The van der Waals surface area contributed by atoms with Crippen molar-refractivity contribution in [3.05, 3.63) is 15.6 Å². The molecule has 1 aliphatic heterocycles. The number of likely N-dealkylation sites (tertiary alicyclic amines) is 1. The molecule has 3 rings (SSSR count). The summed E-state index contributed by atoms with van der Waals surface area (Å²) < 4.78 is 0. The third kappa shape index (κ3) is 5.17. The lowest BCUT2D eigenvalue weighted by molar-refractivity contribution is 0.242. The molecular weight excluding hydrogens is 330 g/mol. The van der Waals surface area contributed by atoms with Crippen LogP contribution in [0, 0.1) is 13.8 Å². The lowest BCUT2D eigenvalue weighted by Gasteiger charge is -2.24. The molecule has 1 saturated heterocycles. The van der Waals surface area contributed by atoms with Gasteiger partial charge in [0.1, 0.15) is 0 Å². The van der Waals surface area contributed by atoms with Gasteiger partial charge < -0.3 is 10.6 Å².